The number of aliphatic hydroxyl groups excluding tert-OH is 2. The van der Waals surface area contributed by atoms with E-state index in [1.807, 2.05) is 14.1 Å². The molecule has 0 aliphatic heterocycles. The second-order valence-electron chi connectivity index (χ2n) is 6.42. The molecule has 4 nitrogen and oxygen atoms in total. The van der Waals surface area contributed by atoms with Gasteiger partial charge in [-0.15, -0.1) is 0 Å². The number of fused-ring (bicyclic) bond motifs is 1. The van der Waals surface area contributed by atoms with Gasteiger partial charge < -0.3 is 15.5 Å². The fourth-order valence-electron chi connectivity index (χ4n) is 3.11. The Labute approximate surface area is 189 Å². The summed E-state index contributed by atoms with van der Waals surface area (Å²) in [5.74, 6) is 0. The van der Waals surface area contributed by atoms with Gasteiger partial charge in [-0.1, -0.05) is 30.4 Å². The average Bonchev–Trinajstić information content (AvgIpc) is 3.04. The summed E-state index contributed by atoms with van der Waals surface area (Å²) in [5, 5.41) is 19.6. The van der Waals surface area contributed by atoms with Crippen LogP contribution in [-0.4, -0.2) is 48.8 Å². The van der Waals surface area contributed by atoms with Crippen LogP contribution in [-0.2, 0) is 39.1 Å². The van der Waals surface area contributed by atoms with Crippen molar-refractivity contribution in [3.8, 4) is 0 Å². The number of hydrogen-bond acceptors (Lipinski definition) is 3. The van der Waals surface area contributed by atoms with Crippen LogP contribution in [0.1, 0.15) is 42.5 Å². The largest absolute Gasteiger partial charge is 0.516 e. The van der Waals surface area contributed by atoms with E-state index in [1.165, 1.54) is 16.7 Å². The monoisotopic (exact) mass is 446 g/mol. The minimum atomic E-state index is 0. The average molecular weight is 446 g/mol. The standard InChI is InChI=1S/C21H28N2O.CH4O.Y/c1-4-5-17(11-14-23(2)3)10-13-22-21-9-7-19-16-18(12-15-24)6-8-20(19)21;1-2;/h4-6,8,11-12,14-16,21-22H,7,9-10,13H2,1-3H3;2H,1H3;/p+1/b5-4-,15-12+,17-11+;;. The molecule has 1 atom stereocenters. The van der Waals surface area contributed by atoms with Gasteiger partial charge in [-0.05, 0) is 61.1 Å². The number of rotatable bonds is 7. The first-order chi connectivity index (χ1) is 12.6. The van der Waals surface area contributed by atoms with Gasteiger partial charge in [-0.2, -0.15) is 0 Å². The van der Waals surface area contributed by atoms with E-state index in [0.717, 1.165) is 44.7 Å². The maximum Gasteiger partial charge on any atom is 0.163 e. The number of nitrogens with zero attached hydrogens (tertiary/aromatic N) is 1. The molecule has 3 N–H and O–H groups in total. The van der Waals surface area contributed by atoms with Crippen molar-refractivity contribution in [1.82, 2.24) is 5.32 Å². The minimum Gasteiger partial charge on any atom is -0.516 e. The Kier molecular flexibility index (Phi) is 14.3. The molecule has 0 amide bonds. The van der Waals surface area contributed by atoms with E-state index in [-0.39, 0.29) is 32.7 Å². The van der Waals surface area contributed by atoms with Crippen molar-refractivity contribution in [2.45, 2.75) is 32.2 Å². The fourth-order valence-corrected chi connectivity index (χ4v) is 3.11. The number of nitrogens with one attached hydrogen (secondary N) is 1. The third-order valence-corrected chi connectivity index (χ3v) is 4.28. The topological polar surface area (TPSA) is 55.5 Å². The molecule has 2 rings (SSSR count). The van der Waals surface area contributed by atoms with E-state index >= 15 is 0 Å². The first kappa shape index (κ1) is 25.9. The second-order valence-corrected chi connectivity index (χ2v) is 6.42. The van der Waals surface area contributed by atoms with E-state index in [4.69, 9.17) is 10.2 Å². The molecule has 0 heterocycles. The van der Waals surface area contributed by atoms with Crippen LogP contribution >= 0.6 is 0 Å². The van der Waals surface area contributed by atoms with Crippen LogP contribution in [0.25, 0.3) is 6.08 Å². The number of benzene rings is 1. The van der Waals surface area contributed by atoms with Crippen molar-refractivity contribution < 1.29 is 47.5 Å². The molecule has 0 saturated carbocycles. The van der Waals surface area contributed by atoms with Crippen LogP contribution in [0.3, 0.4) is 0 Å². The van der Waals surface area contributed by atoms with Crippen molar-refractivity contribution >= 4 is 12.3 Å². The molecule has 1 radical (unpaired) electrons. The minimum absolute atomic E-state index is 0. The third-order valence-electron chi connectivity index (χ3n) is 4.28. The van der Waals surface area contributed by atoms with Gasteiger partial charge in [0, 0.05) is 51.9 Å². The fraction of sp³-hybridized carbons (Fsp3) is 0.409. The van der Waals surface area contributed by atoms with E-state index < -0.39 is 0 Å². The Balaban J connectivity index is 0.00000218. The molecule has 0 fully saturated rings. The van der Waals surface area contributed by atoms with Crippen LogP contribution in [0.5, 0.6) is 0 Å². The molecule has 0 bridgehead atoms. The van der Waals surface area contributed by atoms with Crippen molar-refractivity contribution in [3.63, 3.8) is 0 Å². The van der Waals surface area contributed by atoms with Gasteiger partial charge in [0.15, 0.2) is 6.21 Å². The molecule has 1 aliphatic carbocycles. The first-order valence-electron chi connectivity index (χ1n) is 9.09. The summed E-state index contributed by atoms with van der Waals surface area (Å²) >= 11 is 0. The Hall–Kier alpha value is -1.07. The zero-order chi connectivity index (χ0) is 19.4. The summed E-state index contributed by atoms with van der Waals surface area (Å²) in [6, 6.07) is 6.89. The van der Waals surface area contributed by atoms with Crippen molar-refractivity contribution in [2.75, 3.05) is 27.7 Å². The van der Waals surface area contributed by atoms with Gasteiger partial charge >= 0.3 is 0 Å². The molecule has 1 aliphatic rings. The normalized spacial score (nSPS) is 15.9. The summed E-state index contributed by atoms with van der Waals surface area (Å²) in [6.07, 6.45) is 14.6. The molecule has 1 aromatic carbocycles. The third kappa shape index (κ3) is 9.11. The maximum atomic E-state index is 8.90. The van der Waals surface area contributed by atoms with Crippen LogP contribution in [0, 0.1) is 0 Å². The van der Waals surface area contributed by atoms with Gasteiger partial charge in [0.2, 0.25) is 0 Å². The molecule has 27 heavy (non-hydrogen) atoms. The van der Waals surface area contributed by atoms with Gasteiger partial charge in [0.1, 0.15) is 14.1 Å². The molecule has 0 spiro atoms. The maximum absolute atomic E-state index is 8.90. The van der Waals surface area contributed by atoms with Crippen LogP contribution < -0.4 is 5.32 Å². The van der Waals surface area contributed by atoms with Crippen molar-refractivity contribution in [1.29, 1.82) is 0 Å². The zero-order valence-electron chi connectivity index (χ0n) is 17.0. The Morgan fingerprint density at radius 2 is 2.04 bits per heavy atom. The first-order valence-corrected chi connectivity index (χ1v) is 9.09. The second kappa shape index (κ2) is 14.9. The molecule has 0 aromatic heterocycles. The predicted molar refractivity (Wildman–Crippen MR) is 111 cm³/mol. The van der Waals surface area contributed by atoms with Gasteiger partial charge in [0.25, 0.3) is 0 Å². The Morgan fingerprint density at radius 3 is 2.67 bits per heavy atom. The molecular formula is C22H33N2O2Y+. The van der Waals surface area contributed by atoms with Crippen LogP contribution in [0.4, 0.5) is 0 Å². The molecule has 1 aromatic rings. The molecule has 5 heteroatoms. The van der Waals surface area contributed by atoms with E-state index in [0.29, 0.717) is 6.04 Å². The van der Waals surface area contributed by atoms with Gasteiger partial charge in [-0.25, -0.2) is 4.58 Å². The Morgan fingerprint density at radius 1 is 1.30 bits per heavy atom. The SMILES string of the molecule is C/C=C\C(=C/C=[N+](C)C)CCNC1CCc2cc(/C=C/O)ccc21.CO.[Y]. The van der Waals surface area contributed by atoms with E-state index in [1.54, 1.807) is 6.08 Å². The summed E-state index contributed by atoms with van der Waals surface area (Å²) in [5.41, 5.74) is 5.20. The van der Waals surface area contributed by atoms with E-state index in [9.17, 15) is 0 Å². The van der Waals surface area contributed by atoms with Crippen LogP contribution in [0.15, 0.2) is 48.3 Å². The zero-order valence-corrected chi connectivity index (χ0v) is 19.9. The molecule has 0 saturated heterocycles. The molecule has 1 unspecified atom stereocenters. The molecular weight excluding hydrogens is 413 g/mol. The van der Waals surface area contributed by atoms with Gasteiger partial charge in [-0.3, -0.25) is 0 Å². The quantitative estimate of drug-likeness (QED) is 0.260. The number of aryl methyl sites for hydroxylation is 1. The number of hydrogen-bond donors (Lipinski definition) is 3. The smallest absolute Gasteiger partial charge is 0.163 e. The number of aliphatic hydroxyl groups is 2. The molecule has 145 valence electrons. The Bertz CT molecular complexity index is 675. The predicted octanol–water partition coefficient (Wildman–Crippen LogP) is 3.63. The van der Waals surface area contributed by atoms with Crippen LogP contribution in [0.2, 0.25) is 0 Å². The van der Waals surface area contributed by atoms with E-state index in [2.05, 4.69) is 59.5 Å². The summed E-state index contributed by atoms with van der Waals surface area (Å²) < 4.78 is 2.06. The summed E-state index contributed by atoms with van der Waals surface area (Å²) in [4.78, 5) is 0. The summed E-state index contributed by atoms with van der Waals surface area (Å²) in [6.45, 7) is 3.03. The van der Waals surface area contributed by atoms with Crippen molar-refractivity contribution in [2.24, 2.45) is 0 Å². The number of allylic oxidation sites excluding steroid dienone is 3. The van der Waals surface area contributed by atoms with Crippen molar-refractivity contribution in [3.05, 3.63) is 65.0 Å². The van der Waals surface area contributed by atoms with Gasteiger partial charge in [0.05, 0.1) is 6.26 Å². The summed E-state index contributed by atoms with van der Waals surface area (Å²) in [7, 11) is 5.08.